The zero-order chi connectivity index (χ0) is 39.2. The van der Waals surface area contributed by atoms with Crippen LogP contribution in [0.2, 0.25) is 0 Å². The van der Waals surface area contributed by atoms with Crippen LogP contribution in [-0.4, -0.2) is 140 Å². The molecule has 5 saturated heterocycles. The van der Waals surface area contributed by atoms with Gasteiger partial charge < -0.3 is 25.1 Å². The van der Waals surface area contributed by atoms with E-state index < -0.39 is 41.7 Å². The number of piperazine rings is 2. The third-order valence-corrected chi connectivity index (χ3v) is 12.0. The Kier molecular flexibility index (Phi) is 10.4. The fourth-order valence-corrected chi connectivity index (χ4v) is 9.23. The van der Waals surface area contributed by atoms with Crippen LogP contribution in [0.1, 0.15) is 37.1 Å². The molecular formula is C41H49F2N9O4. The zero-order valence-corrected chi connectivity index (χ0v) is 31.8. The van der Waals surface area contributed by atoms with Crippen molar-refractivity contribution in [2.24, 2.45) is 0 Å². The first-order valence-electron chi connectivity index (χ1n) is 19.4. The molecule has 6 heterocycles. The van der Waals surface area contributed by atoms with Crippen LogP contribution >= 0.6 is 0 Å². The molecule has 5 fully saturated rings. The molecule has 0 unspecified atom stereocenters. The molecule has 56 heavy (non-hydrogen) atoms. The van der Waals surface area contributed by atoms with Crippen LogP contribution < -0.4 is 10.2 Å². The molecule has 2 aromatic carbocycles. The average Bonchev–Trinajstić information content (AvgIpc) is 3.76. The minimum atomic E-state index is -1.19. The number of hydrazine groups is 1. The van der Waals surface area contributed by atoms with Crippen LogP contribution in [0.5, 0.6) is 5.75 Å². The number of aromatic nitrogens is 1. The van der Waals surface area contributed by atoms with Gasteiger partial charge in [0.05, 0.1) is 25.3 Å². The van der Waals surface area contributed by atoms with Crippen molar-refractivity contribution in [1.82, 2.24) is 39.9 Å². The number of hydrogen-bond donors (Lipinski definition) is 2. The van der Waals surface area contributed by atoms with Crippen molar-refractivity contribution in [3.05, 3.63) is 102 Å². The van der Waals surface area contributed by atoms with E-state index in [2.05, 4.69) is 35.5 Å². The summed E-state index contributed by atoms with van der Waals surface area (Å²) in [6.07, 6.45) is 1.60. The molecule has 8 rings (SSSR count). The Morgan fingerprint density at radius 1 is 0.982 bits per heavy atom. The van der Waals surface area contributed by atoms with Gasteiger partial charge in [-0.3, -0.25) is 19.4 Å². The molecule has 15 heteroatoms. The second-order valence-corrected chi connectivity index (χ2v) is 15.8. The van der Waals surface area contributed by atoms with E-state index in [1.165, 1.54) is 39.4 Å². The van der Waals surface area contributed by atoms with Gasteiger partial charge in [-0.2, -0.15) is 0 Å². The number of phenolic OH excluding ortho intramolecular Hbond substituents is 1. The maximum absolute atomic E-state index is 15.4. The molecule has 5 aliphatic heterocycles. The minimum Gasteiger partial charge on any atom is -0.508 e. The van der Waals surface area contributed by atoms with Crippen molar-refractivity contribution in [2.45, 2.75) is 76.2 Å². The first-order chi connectivity index (χ1) is 27.0. The number of pyridine rings is 1. The summed E-state index contributed by atoms with van der Waals surface area (Å²) >= 11 is 0. The van der Waals surface area contributed by atoms with E-state index in [1.807, 2.05) is 35.2 Å². The van der Waals surface area contributed by atoms with Gasteiger partial charge in [-0.1, -0.05) is 42.5 Å². The van der Waals surface area contributed by atoms with E-state index in [0.717, 1.165) is 24.7 Å². The molecule has 296 valence electrons. The van der Waals surface area contributed by atoms with Crippen LogP contribution in [0.15, 0.2) is 73.3 Å². The van der Waals surface area contributed by atoms with Crippen molar-refractivity contribution >= 4 is 23.7 Å². The van der Waals surface area contributed by atoms with E-state index in [9.17, 15) is 19.5 Å². The molecule has 0 saturated carbocycles. The lowest BCUT2D eigenvalue weighted by atomic mass is 9.98. The van der Waals surface area contributed by atoms with Crippen molar-refractivity contribution in [2.75, 3.05) is 50.7 Å². The number of carbonyl (C=O) groups excluding carboxylic acids is 3. The van der Waals surface area contributed by atoms with Crippen molar-refractivity contribution in [3.63, 3.8) is 0 Å². The summed E-state index contributed by atoms with van der Waals surface area (Å²) in [6, 6.07) is 16.2. The molecule has 4 amide bonds. The van der Waals surface area contributed by atoms with E-state index in [-0.39, 0.29) is 56.3 Å². The minimum absolute atomic E-state index is 0.0294. The Hall–Kier alpha value is -5.12. The number of anilines is 1. The van der Waals surface area contributed by atoms with Crippen molar-refractivity contribution in [3.8, 4) is 5.75 Å². The highest BCUT2D eigenvalue weighted by Gasteiger charge is 2.52. The predicted octanol–water partition coefficient (Wildman–Crippen LogP) is 3.16. The highest BCUT2D eigenvalue weighted by Crippen LogP contribution is 2.37. The number of hydrogen-bond acceptors (Lipinski definition) is 9. The molecule has 1 aromatic heterocycles. The first kappa shape index (κ1) is 37.8. The third kappa shape index (κ3) is 7.19. The quantitative estimate of drug-likeness (QED) is 0.284. The Bertz CT molecular complexity index is 1980. The molecule has 13 nitrogen and oxygen atoms in total. The van der Waals surface area contributed by atoms with Gasteiger partial charge in [-0.15, -0.1) is 6.58 Å². The lowest BCUT2D eigenvalue weighted by Crippen LogP contribution is -2.76. The summed E-state index contributed by atoms with van der Waals surface area (Å²) in [5, 5.41) is 15.9. The number of carbonyl (C=O) groups is 3. The van der Waals surface area contributed by atoms with Crippen LogP contribution in [0, 0.1) is 11.6 Å². The number of fused-ring (bicyclic) bond motifs is 3. The molecule has 3 aromatic rings. The monoisotopic (exact) mass is 769 g/mol. The van der Waals surface area contributed by atoms with Crippen LogP contribution in [-0.2, 0) is 29.1 Å². The van der Waals surface area contributed by atoms with Crippen LogP contribution in [0.4, 0.5) is 19.4 Å². The van der Waals surface area contributed by atoms with E-state index >= 15 is 8.78 Å². The molecule has 2 N–H and O–H groups in total. The second-order valence-electron chi connectivity index (χ2n) is 15.8. The average molecular weight is 770 g/mol. The van der Waals surface area contributed by atoms with Gasteiger partial charge in [0.1, 0.15) is 23.8 Å². The first-order valence-corrected chi connectivity index (χ1v) is 19.4. The molecule has 4 atom stereocenters. The lowest BCUT2D eigenvalue weighted by molar-refractivity contribution is -0.189. The number of amides is 4. The predicted molar refractivity (Wildman–Crippen MR) is 205 cm³/mol. The summed E-state index contributed by atoms with van der Waals surface area (Å²) in [7, 11) is 0. The molecule has 2 bridgehead atoms. The van der Waals surface area contributed by atoms with Gasteiger partial charge >= 0.3 is 6.03 Å². The zero-order valence-electron chi connectivity index (χ0n) is 31.8. The molecule has 0 radical (unpaired) electrons. The summed E-state index contributed by atoms with van der Waals surface area (Å²) in [5.74, 6) is -2.07. The summed E-state index contributed by atoms with van der Waals surface area (Å²) < 4.78 is 30.6. The van der Waals surface area contributed by atoms with Gasteiger partial charge in [0.2, 0.25) is 11.8 Å². The number of nitrogens with zero attached hydrogens (tertiary/aromatic N) is 8. The Morgan fingerprint density at radius 2 is 1.77 bits per heavy atom. The highest BCUT2D eigenvalue weighted by molar-refractivity contribution is 5.91. The summed E-state index contributed by atoms with van der Waals surface area (Å²) in [6.45, 7) is 11.8. The molecular weight excluding hydrogens is 721 g/mol. The molecule has 5 aliphatic rings. The largest absolute Gasteiger partial charge is 0.508 e. The Labute approximate surface area is 325 Å². The second kappa shape index (κ2) is 15.4. The number of aromatic hydroxyl groups is 1. The van der Waals surface area contributed by atoms with Gasteiger partial charge in [-0.25, -0.2) is 28.6 Å². The van der Waals surface area contributed by atoms with E-state index in [1.54, 1.807) is 17.2 Å². The number of rotatable bonds is 11. The van der Waals surface area contributed by atoms with Gasteiger partial charge in [0.15, 0.2) is 11.6 Å². The standard InChI is InChI=1S/C41H49F2N9O4/c1-4-14-48-25-38(54)51-36(15-28-10-12-33(53)17-35(28)43)40(55)47(24-37(51)52(48)41(56)44-18-27-8-6-5-7-9-27)19-29-11-13-34(42)39(45-29)46-20-32(21-46)50-23-30-16-31(50)22-49(30)26(2)3/h4-13,17,26,30-32,36-37,53H,1,14-16,18-25H2,2-3H3,(H,44,56)/t30-,31-,36-,37-/m0/s1. The SMILES string of the molecule is C=CCN1CC(=O)N2[C@@H](Cc3ccc(O)cc3F)C(=O)N(Cc3ccc(F)c(N4CC(N5C[C@@H]6C[C@H]5CN6C(C)C)C4)n3)C[C@@H]2N1C(=O)NCc1ccccc1. The fourth-order valence-electron chi connectivity index (χ4n) is 9.23. The van der Waals surface area contributed by atoms with Crippen molar-refractivity contribution < 1.29 is 28.3 Å². The fraction of sp³-hybridized carbons (Fsp3) is 0.463. The molecule has 0 spiro atoms. The van der Waals surface area contributed by atoms with Crippen molar-refractivity contribution in [1.29, 1.82) is 0 Å². The normalized spacial score (nSPS) is 24.6. The number of nitrogens with one attached hydrogen (secondary N) is 1. The summed E-state index contributed by atoms with van der Waals surface area (Å²) in [5.41, 5.74) is 1.44. The number of halogens is 2. The Balaban J connectivity index is 1.05. The van der Waals surface area contributed by atoms with Gasteiger partial charge in [0, 0.05) is 75.9 Å². The van der Waals surface area contributed by atoms with Gasteiger partial charge in [0.25, 0.3) is 0 Å². The topological polar surface area (TPSA) is 119 Å². The summed E-state index contributed by atoms with van der Waals surface area (Å²) in [4.78, 5) is 57.2. The van der Waals surface area contributed by atoms with Crippen LogP contribution in [0.3, 0.4) is 0 Å². The highest BCUT2D eigenvalue weighted by atomic mass is 19.1. The van der Waals surface area contributed by atoms with Crippen LogP contribution in [0.25, 0.3) is 0 Å². The van der Waals surface area contributed by atoms with Gasteiger partial charge in [-0.05, 0) is 49.6 Å². The number of urea groups is 1. The maximum Gasteiger partial charge on any atom is 0.334 e. The van der Waals surface area contributed by atoms with E-state index in [0.29, 0.717) is 43.0 Å². The Morgan fingerprint density at radius 3 is 2.46 bits per heavy atom. The number of phenols is 1. The maximum atomic E-state index is 15.4. The molecule has 0 aliphatic carbocycles. The number of likely N-dealkylation sites (tertiary alicyclic amines) is 2. The lowest BCUT2D eigenvalue weighted by Gasteiger charge is -2.55. The van der Waals surface area contributed by atoms with E-state index in [4.69, 9.17) is 4.98 Å². The number of benzene rings is 2. The smallest absolute Gasteiger partial charge is 0.334 e. The third-order valence-electron chi connectivity index (χ3n) is 12.0.